The van der Waals surface area contributed by atoms with Gasteiger partial charge < -0.3 is 14.6 Å². The van der Waals surface area contributed by atoms with Crippen LogP contribution >= 0.6 is 12.6 Å². The number of nitrogens with one attached hydrogen (secondary N) is 1. The van der Waals surface area contributed by atoms with Gasteiger partial charge in [0.15, 0.2) is 0 Å². The Morgan fingerprint density at radius 1 is 1.27 bits per heavy atom. The zero-order chi connectivity index (χ0) is 26.8. The molecule has 37 heavy (non-hydrogen) atoms. The number of rotatable bonds is 8. The molecule has 0 spiro atoms. The zero-order valence-electron chi connectivity index (χ0n) is 23.0. The number of hydrogen-bond donors (Lipinski definition) is 2. The van der Waals surface area contributed by atoms with Crippen molar-refractivity contribution in [3.05, 3.63) is 36.2 Å². The largest absolute Gasteiger partial charge is 0.361 e. The van der Waals surface area contributed by atoms with E-state index in [-0.39, 0.29) is 5.54 Å². The highest BCUT2D eigenvalue weighted by Gasteiger charge is 2.28. The lowest BCUT2D eigenvalue weighted by Crippen LogP contribution is -2.50. The average Bonchev–Trinajstić information content (AvgIpc) is 3.19. The van der Waals surface area contributed by atoms with Crippen LogP contribution in [0.25, 0.3) is 22.2 Å². The summed E-state index contributed by atoms with van der Waals surface area (Å²) in [6, 6.07) is 9.43. The molecule has 0 aliphatic carbocycles. The molecule has 1 saturated heterocycles. The first kappa shape index (κ1) is 27.6. The second-order valence-electron chi connectivity index (χ2n) is 12.2. The lowest BCUT2D eigenvalue weighted by Gasteiger charge is -2.41. The van der Waals surface area contributed by atoms with Crippen LogP contribution in [0.1, 0.15) is 39.2 Å². The van der Waals surface area contributed by atoms with Gasteiger partial charge in [0.1, 0.15) is 6.73 Å². The first-order valence-corrected chi connectivity index (χ1v) is 17.3. The van der Waals surface area contributed by atoms with Crippen LogP contribution in [0.4, 0.5) is 5.95 Å². The van der Waals surface area contributed by atoms with Crippen LogP contribution in [0.3, 0.4) is 0 Å². The Labute approximate surface area is 227 Å². The van der Waals surface area contributed by atoms with Gasteiger partial charge in [-0.05, 0) is 58.3 Å². The van der Waals surface area contributed by atoms with E-state index in [1.807, 2.05) is 18.2 Å². The highest BCUT2D eigenvalue weighted by atomic mass is 32.1. The summed E-state index contributed by atoms with van der Waals surface area (Å²) in [7, 11) is -1.17. The molecule has 0 unspecified atom stereocenters. The number of anilines is 1. The van der Waals surface area contributed by atoms with Crippen LogP contribution in [0.2, 0.25) is 25.7 Å². The van der Waals surface area contributed by atoms with Crippen LogP contribution in [0.15, 0.2) is 35.5 Å². The summed E-state index contributed by atoms with van der Waals surface area (Å²) in [6.45, 7) is 17.1. The number of nitriles is 1. The number of thiol groups is 1. The summed E-state index contributed by atoms with van der Waals surface area (Å²) in [5, 5.41) is 14.1. The lowest BCUT2D eigenvalue weighted by atomic mass is 9.98. The molecule has 0 amide bonds. The van der Waals surface area contributed by atoms with E-state index in [0.717, 1.165) is 60.7 Å². The number of hydrogen-bond acceptors (Lipinski definition) is 7. The molecule has 3 heterocycles. The highest BCUT2D eigenvalue weighted by Crippen LogP contribution is 2.34. The van der Waals surface area contributed by atoms with Crippen molar-refractivity contribution in [2.75, 3.05) is 25.0 Å². The average molecular weight is 537 g/mol. The quantitative estimate of drug-likeness (QED) is 0.201. The fraction of sp³-hybridized carbons (Fsp3) is 0.536. The zero-order valence-corrected chi connectivity index (χ0v) is 24.9. The van der Waals surface area contributed by atoms with Crippen LogP contribution in [0, 0.1) is 11.3 Å². The van der Waals surface area contributed by atoms with Crippen molar-refractivity contribution in [2.24, 2.45) is 0 Å². The number of ether oxygens (including phenoxy) is 1. The molecule has 1 aromatic carbocycles. The van der Waals surface area contributed by atoms with Gasteiger partial charge in [-0.3, -0.25) is 4.90 Å². The van der Waals surface area contributed by atoms with E-state index in [4.69, 9.17) is 22.3 Å². The Kier molecular flexibility index (Phi) is 8.34. The van der Waals surface area contributed by atoms with E-state index in [0.29, 0.717) is 29.2 Å². The van der Waals surface area contributed by atoms with Crippen molar-refractivity contribution < 1.29 is 4.74 Å². The lowest BCUT2D eigenvalue weighted by molar-refractivity contribution is 0.0903. The summed E-state index contributed by atoms with van der Waals surface area (Å²) in [4.78, 5) is 12.7. The van der Waals surface area contributed by atoms with Crippen LogP contribution < -0.4 is 5.32 Å². The maximum Gasteiger partial charge on any atom is 0.223 e. The van der Waals surface area contributed by atoms with Crippen molar-refractivity contribution in [3.63, 3.8) is 0 Å². The van der Waals surface area contributed by atoms with Gasteiger partial charge >= 0.3 is 0 Å². The van der Waals surface area contributed by atoms with Crippen molar-refractivity contribution in [3.8, 4) is 17.3 Å². The molecule has 1 aliphatic rings. The third-order valence-electron chi connectivity index (χ3n) is 6.97. The predicted molar refractivity (Wildman–Crippen MR) is 157 cm³/mol. The molecule has 1 N–H and O–H groups in total. The van der Waals surface area contributed by atoms with Gasteiger partial charge in [-0.1, -0.05) is 25.7 Å². The molecule has 0 bridgehead atoms. The summed E-state index contributed by atoms with van der Waals surface area (Å²) >= 11 is 4.72. The third kappa shape index (κ3) is 6.93. The number of fused-ring (bicyclic) bond motifs is 1. The van der Waals surface area contributed by atoms with Crippen LogP contribution in [-0.2, 0) is 11.5 Å². The first-order valence-electron chi connectivity index (χ1n) is 13.1. The molecule has 0 saturated carbocycles. The highest BCUT2D eigenvalue weighted by molar-refractivity contribution is 7.80. The molecule has 1 atom stereocenters. The monoisotopic (exact) mass is 536 g/mol. The molecule has 7 nitrogen and oxygen atoms in total. The van der Waals surface area contributed by atoms with Gasteiger partial charge in [0.05, 0.1) is 22.8 Å². The van der Waals surface area contributed by atoms with Gasteiger partial charge in [0, 0.05) is 61.0 Å². The van der Waals surface area contributed by atoms with Crippen molar-refractivity contribution in [1.82, 2.24) is 19.4 Å². The summed E-state index contributed by atoms with van der Waals surface area (Å²) < 4.78 is 8.13. The smallest absolute Gasteiger partial charge is 0.223 e. The Morgan fingerprint density at radius 3 is 2.76 bits per heavy atom. The standard InChI is InChI=1S/C28H40N6OSSi/c1-28(2,3)34-11-7-8-21(17-34)31-27-30-16-25(36)26(32-27)23-18-33(19-35-12-13-37(4,5)6)24-14-20(15-29)9-10-22(23)24/h9-10,14,16,18,21,36H,7-8,11-13,17,19H2,1-6H3,(H,30,31,32)/t21-/m0/s1. The molecule has 1 aliphatic heterocycles. The Balaban J connectivity index is 1.62. The topological polar surface area (TPSA) is 79.0 Å². The molecule has 2 aromatic heterocycles. The number of aromatic nitrogens is 3. The van der Waals surface area contributed by atoms with Gasteiger partial charge in [0.25, 0.3) is 0 Å². The molecule has 3 aromatic rings. The van der Waals surface area contributed by atoms with Gasteiger partial charge in [0.2, 0.25) is 5.95 Å². The van der Waals surface area contributed by atoms with Crippen LogP contribution in [0.5, 0.6) is 0 Å². The molecule has 198 valence electrons. The summed E-state index contributed by atoms with van der Waals surface area (Å²) in [5.74, 6) is 0.620. The molecule has 9 heteroatoms. The summed E-state index contributed by atoms with van der Waals surface area (Å²) in [5.41, 5.74) is 3.46. The predicted octanol–water partition coefficient (Wildman–Crippen LogP) is 6.25. The fourth-order valence-electron chi connectivity index (χ4n) is 4.73. The van der Waals surface area contributed by atoms with E-state index >= 15 is 0 Å². The molecular weight excluding hydrogens is 497 g/mol. The van der Waals surface area contributed by atoms with E-state index in [1.54, 1.807) is 6.20 Å². The van der Waals surface area contributed by atoms with Crippen molar-refractivity contribution in [2.45, 2.75) is 82.5 Å². The number of nitrogens with zero attached hydrogens (tertiary/aromatic N) is 5. The normalized spacial score (nSPS) is 17.2. The molecule has 0 radical (unpaired) electrons. The van der Waals surface area contributed by atoms with E-state index < -0.39 is 8.07 Å². The Bertz CT molecular complexity index is 1290. The van der Waals surface area contributed by atoms with E-state index in [9.17, 15) is 5.26 Å². The van der Waals surface area contributed by atoms with Crippen molar-refractivity contribution >= 4 is 37.6 Å². The number of benzene rings is 1. The van der Waals surface area contributed by atoms with Gasteiger partial charge in [-0.25, -0.2) is 9.97 Å². The number of likely N-dealkylation sites (tertiary alicyclic amines) is 1. The number of piperidine rings is 1. The minimum absolute atomic E-state index is 0.141. The second-order valence-corrected chi connectivity index (χ2v) is 18.3. The first-order chi connectivity index (χ1) is 17.4. The fourth-order valence-corrected chi connectivity index (χ4v) is 5.71. The minimum Gasteiger partial charge on any atom is -0.361 e. The van der Waals surface area contributed by atoms with E-state index in [1.165, 1.54) is 0 Å². The Morgan fingerprint density at radius 2 is 2.05 bits per heavy atom. The molecule has 1 fully saturated rings. The maximum atomic E-state index is 9.49. The van der Waals surface area contributed by atoms with E-state index in [2.05, 4.69) is 72.4 Å². The SMILES string of the molecule is CC(C)(C)N1CCC[C@H](Nc2ncc(S)c(-c3cn(COCC[Si](C)(C)C)c4cc(C#N)ccc34)n2)C1. The maximum absolute atomic E-state index is 9.49. The summed E-state index contributed by atoms with van der Waals surface area (Å²) in [6.07, 6.45) is 6.08. The third-order valence-corrected chi connectivity index (χ3v) is 9.00. The Hall–Kier alpha value is -2.38. The molecule has 4 rings (SSSR count). The van der Waals surface area contributed by atoms with Gasteiger partial charge in [-0.15, -0.1) is 12.6 Å². The minimum atomic E-state index is -1.17. The van der Waals surface area contributed by atoms with Crippen molar-refractivity contribution in [1.29, 1.82) is 5.26 Å². The van der Waals surface area contributed by atoms with Crippen LogP contribution in [-0.4, -0.2) is 58.8 Å². The van der Waals surface area contributed by atoms with Gasteiger partial charge in [-0.2, -0.15) is 5.26 Å². The second kappa shape index (κ2) is 11.2. The molecular formula is C28H40N6OSSi.